The molecular formula is C33H49N2+. The molecule has 2 aromatic carbocycles. The average molecular weight is 474 g/mol. The van der Waals surface area contributed by atoms with Crippen LogP contribution in [0.15, 0.2) is 73.1 Å². The van der Waals surface area contributed by atoms with Gasteiger partial charge in [-0.15, -0.1) is 0 Å². The largest absolute Gasteiger partial charge is 0.258 e. The monoisotopic (exact) mass is 473 g/mol. The van der Waals surface area contributed by atoms with E-state index >= 15 is 0 Å². The minimum atomic E-state index is 0.0164. The highest BCUT2D eigenvalue weighted by molar-refractivity contribution is 5.32. The summed E-state index contributed by atoms with van der Waals surface area (Å²) < 4.78 is 2.51. The summed E-state index contributed by atoms with van der Waals surface area (Å²) in [7, 11) is 0. The smallest absolute Gasteiger partial charge is 0.247 e. The van der Waals surface area contributed by atoms with Crippen molar-refractivity contribution in [2.24, 2.45) is 0 Å². The Hall–Kier alpha value is -2.35. The molecule has 0 fully saturated rings. The zero-order chi connectivity index (χ0) is 24.8. The van der Waals surface area contributed by atoms with E-state index in [9.17, 15) is 0 Å². The lowest BCUT2D eigenvalue weighted by Crippen LogP contribution is -2.43. The van der Waals surface area contributed by atoms with E-state index in [1.807, 2.05) is 0 Å². The number of hydrogen-bond donors (Lipinski definition) is 1. The lowest BCUT2D eigenvalue weighted by Gasteiger charge is -2.37. The molecule has 0 saturated heterocycles. The zero-order valence-electron chi connectivity index (χ0n) is 22.6. The Morgan fingerprint density at radius 1 is 0.743 bits per heavy atom. The van der Waals surface area contributed by atoms with Crippen molar-refractivity contribution in [2.75, 3.05) is 0 Å². The number of aromatic amines is 1. The molecule has 3 aromatic rings. The summed E-state index contributed by atoms with van der Waals surface area (Å²) in [5.74, 6) is 1.85. The summed E-state index contributed by atoms with van der Waals surface area (Å²) in [6.45, 7) is 8.19. The topological polar surface area (TPSA) is 19.7 Å². The van der Waals surface area contributed by atoms with E-state index in [0.29, 0.717) is 5.92 Å². The molecule has 2 atom stereocenters. The fourth-order valence-electron chi connectivity index (χ4n) is 5.70. The number of rotatable bonds is 17. The summed E-state index contributed by atoms with van der Waals surface area (Å²) in [4.78, 5) is 3.71. The molecule has 0 aliphatic carbocycles. The maximum atomic E-state index is 3.71. The van der Waals surface area contributed by atoms with Gasteiger partial charge in [0.25, 0.3) is 5.82 Å². The fraction of sp³-hybridized carbons (Fsp3) is 0.545. The summed E-state index contributed by atoms with van der Waals surface area (Å²) in [6.07, 6.45) is 20.1. The molecule has 0 saturated carbocycles. The van der Waals surface area contributed by atoms with E-state index in [2.05, 4.69) is 103 Å². The first kappa shape index (κ1) is 27.2. The van der Waals surface area contributed by atoms with Gasteiger partial charge in [0.15, 0.2) is 0 Å². The molecule has 35 heavy (non-hydrogen) atoms. The molecule has 2 nitrogen and oxygen atoms in total. The predicted octanol–water partition coefficient (Wildman–Crippen LogP) is 8.92. The molecule has 0 amide bonds. The normalized spacial score (nSPS) is 14.0. The Morgan fingerprint density at radius 2 is 1.34 bits per heavy atom. The summed E-state index contributed by atoms with van der Waals surface area (Å²) in [5, 5.41) is 0. The number of imidazole rings is 1. The third kappa shape index (κ3) is 8.09. The Labute approximate surface area is 215 Å². The van der Waals surface area contributed by atoms with Gasteiger partial charge in [-0.05, 0) is 30.4 Å². The zero-order valence-corrected chi connectivity index (χ0v) is 22.6. The molecule has 0 radical (unpaired) electrons. The molecule has 3 rings (SSSR count). The van der Waals surface area contributed by atoms with Crippen molar-refractivity contribution in [3.05, 3.63) is 90.0 Å². The molecule has 0 aliphatic heterocycles. The van der Waals surface area contributed by atoms with Crippen LogP contribution in [0.25, 0.3) is 0 Å². The average Bonchev–Trinajstić information content (AvgIpc) is 3.35. The van der Waals surface area contributed by atoms with Crippen LogP contribution in [0.3, 0.4) is 0 Å². The number of unbranched alkanes of at least 4 members (excludes halogenated alkanes) is 8. The molecule has 2 heteroatoms. The van der Waals surface area contributed by atoms with Crippen LogP contribution < -0.4 is 4.57 Å². The third-order valence-electron chi connectivity index (χ3n) is 7.84. The van der Waals surface area contributed by atoms with Crippen LogP contribution in [0, 0.1) is 0 Å². The van der Waals surface area contributed by atoms with E-state index in [0.717, 1.165) is 13.0 Å². The predicted molar refractivity (Wildman–Crippen MR) is 150 cm³/mol. The number of hydrogen-bond acceptors (Lipinski definition) is 0. The van der Waals surface area contributed by atoms with Gasteiger partial charge in [-0.3, -0.25) is 0 Å². The van der Waals surface area contributed by atoms with E-state index < -0.39 is 0 Å². The second-order valence-electron chi connectivity index (χ2n) is 10.7. The first-order valence-electron chi connectivity index (χ1n) is 14.3. The molecule has 1 heterocycles. The van der Waals surface area contributed by atoms with Crippen molar-refractivity contribution < 1.29 is 4.57 Å². The molecule has 0 spiro atoms. The van der Waals surface area contributed by atoms with E-state index in [1.54, 1.807) is 0 Å². The van der Waals surface area contributed by atoms with Gasteiger partial charge < -0.3 is 0 Å². The maximum absolute atomic E-state index is 3.71. The first-order valence-corrected chi connectivity index (χ1v) is 14.3. The van der Waals surface area contributed by atoms with Gasteiger partial charge in [0, 0.05) is 5.41 Å². The highest BCUT2D eigenvalue weighted by Crippen LogP contribution is 2.43. The van der Waals surface area contributed by atoms with Crippen molar-refractivity contribution in [1.82, 2.24) is 4.98 Å². The molecular weight excluding hydrogens is 424 g/mol. The molecule has 2 unspecified atom stereocenters. The lowest BCUT2D eigenvalue weighted by molar-refractivity contribution is -0.705. The maximum Gasteiger partial charge on any atom is 0.258 e. The second kappa shape index (κ2) is 14.9. The Kier molecular flexibility index (Phi) is 11.6. The van der Waals surface area contributed by atoms with Crippen LogP contribution in [-0.2, 0) is 18.4 Å². The fourth-order valence-corrected chi connectivity index (χ4v) is 5.70. The highest BCUT2D eigenvalue weighted by Gasteiger charge is 2.41. The number of nitrogens with one attached hydrogen (secondary N) is 1. The SMILES string of the molecule is CCCCCCCCCCC(c1[nH]cc[n+]1CCCC)C(C)(Cc1ccccc1)c1ccccc1. The Balaban J connectivity index is 1.86. The molecule has 1 aromatic heterocycles. The minimum Gasteiger partial charge on any atom is -0.247 e. The summed E-state index contributed by atoms with van der Waals surface area (Å²) >= 11 is 0. The van der Waals surface area contributed by atoms with Crippen molar-refractivity contribution in [3.63, 3.8) is 0 Å². The molecule has 1 N–H and O–H groups in total. The van der Waals surface area contributed by atoms with Crippen LogP contribution >= 0.6 is 0 Å². The quantitative estimate of drug-likeness (QED) is 0.149. The van der Waals surface area contributed by atoms with E-state index in [-0.39, 0.29) is 5.41 Å². The standard InChI is InChI=1S/C33H48N2/c1-4-6-8-9-10-11-12-19-24-31(32-34-25-27-35(32)26-7-5-2)33(3,30-22-17-14-18-23-30)28-29-20-15-13-16-21-29/h13-18,20-23,25,27,31H,4-12,19,24,26,28H2,1-3H3/p+1. The van der Waals surface area contributed by atoms with Crippen molar-refractivity contribution in [3.8, 4) is 0 Å². The van der Waals surface area contributed by atoms with Gasteiger partial charge in [-0.25, -0.2) is 9.55 Å². The van der Waals surface area contributed by atoms with Crippen molar-refractivity contribution in [2.45, 2.75) is 116 Å². The number of H-pyrrole nitrogens is 1. The third-order valence-corrected chi connectivity index (χ3v) is 7.84. The minimum absolute atomic E-state index is 0.0164. The number of aryl methyl sites for hydroxylation is 1. The van der Waals surface area contributed by atoms with Gasteiger partial charge in [-0.2, -0.15) is 0 Å². The molecule has 0 aliphatic rings. The van der Waals surface area contributed by atoms with Gasteiger partial charge in [0.1, 0.15) is 12.4 Å². The number of aromatic nitrogens is 2. The summed E-state index contributed by atoms with van der Waals surface area (Å²) in [6, 6.07) is 22.4. The van der Waals surface area contributed by atoms with Gasteiger partial charge in [0.05, 0.1) is 12.5 Å². The van der Waals surface area contributed by atoms with E-state index in [4.69, 9.17) is 0 Å². The van der Waals surface area contributed by atoms with Crippen LogP contribution in [0.1, 0.15) is 114 Å². The van der Waals surface area contributed by atoms with Crippen LogP contribution in [0.5, 0.6) is 0 Å². The second-order valence-corrected chi connectivity index (χ2v) is 10.7. The van der Waals surface area contributed by atoms with Gasteiger partial charge in [-0.1, -0.05) is 139 Å². The van der Waals surface area contributed by atoms with Gasteiger partial charge >= 0.3 is 0 Å². The Morgan fingerprint density at radius 3 is 2.00 bits per heavy atom. The van der Waals surface area contributed by atoms with Gasteiger partial charge in [0.2, 0.25) is 0 Å². The lowest BCUT2D eigenvalue weighted by atomic mass is 9.66. The molecule has 0 bridgehead atoms. The van der Waals surface area contributed by atoms with Crippen LogP contribution in [-0.4, -0.2) is 4.98 Å². The van der Waals surface area contributed by atoms with Crippen LogP contribution in [0.4, 0.5) is 0 Å². The van der Waals surface area contributed by atoms with Crippen molar-refractivity contribution in [1.29, 1.82) is 0 Å². The van der Waals surface area contributed by atoms with E-state index in [1.165, 1.54) is 87.6 Å². The number of nitrogens with zero attached hydrogens (tertiary/aromatic N) is 1. The number of benzene rings is 2. The Bertz CT molecular complexity index is 930. The van der Waals surface area contributed by atoms with Crippen molar-refractivity contribution >= 4 is 0 Å². The summed E-state index contributed by atoms with van der Waals surface area (Å²) in [5.41, 5.74) is 2.89. The molecule has 190 valence electrons. The first-order chi connectivity index (χ1) is 17.2. The van der Waals surface area contributed by atoms with Crippen LogP contribution in [0.2, 0.25) is 0 Å². The highest BCUT2D eigenvalue weighted by atomic mass is 15.1.